The van der Waals surface area contributed by atoms with E-state index < -0.39 is 0 Å². The van der Waals surface area contributed by atoms with Crippen LogP contribution in [0, 0.1) is 6.92 Å². The quantitative estimate of drug-likeness (QED) is 0.538. The summed E-state index contributed by atoms with van der Waals surface area (Å²) >= 11 is 3.36. The van der Waals surface area contributed by atoms with Gasteiger partial charge < -0.3 is 5.11 Å². The summed E-state index contributed by atoms with van der Waals surface area (Å²) in [5.74, 6) is 0.846. The van der Waals surface area contributed by atoms with Crippen LogP contribution in [0.5, 0.6) is 5.75 Å². The zero-order chi connectivity index (χ0) is 15.5. The first-order valence-electron chi connectivity index (χ1n) is 6.77. The molecule has 0 amide bonds. The molecule has 0 spiro atoms. The molecule has 0 bridgehead atoms. The standard InChI is InChI=1S/C17H14BrN3O/c1-11-8-17(20-15-5-3-2-4-14(11)15)21-19-10-12-9-13(18)6-7-16(12)22/h2-10,22H,1H3,(H,20,21)/b19-10+. The monoisotopic (exact) mass is 355 g/mol. The van der Waals surface area contributed by atoms with Gasteiger partial charge in [0.2, 0.25) is 0 Å². The number of hydrogen-bond acceptors (Lipinski definition) is 4. The maximum atomic E-state index is 9.76. The summed E-state index contributed by atoms with van der Waals surface area (Å²) in [6.45, 7) is 2.04. The number of halogens is 1. The van der Waals surface area contributed by atoms with Crippen LogP contribution in [0.3, 0.4) is 0 Å². The van der Waals surface area contributed by atoms with Gasteiger partial charge in [-0.1, -0.05) is 34.1 Å². The maximum Gasteiger partial charge on any atom is 0.147 e. The third kappa shape index (κ3) is 3.09. The summed E-state index contributed by atoms with van der Waals surface area (Å²) < 4.78 is 0.881. The highest BCUT2D eigenvalue weighted by Gasteiger charge is 2.02. The van der Waals surface area contributed by atoms with E-state index in [4.69, 9.17) is 0 Å². The molecule has 1 heterocycles. The van der Waals surface area contributed by atoms with Crippen LogP contribution in [0.1, 0.15) is 11.1 Å². The van der Waals surface area contributed by atoms with Crippen LogP contribution in [-0.4, -0.2) is 16.3 Å². The van der Waals surface area contributed by atoms with Crippen molar-refractivity contribution >= 4 is 38.9 Å². The molecule has 0 aliphatic carbocycles. The Balaban J connectivity index is 1.84. The number of hydrazone groups is 1. The molecule has 3 rings (SSSR count). The molecule has 0 saturated carbocycles. The summed E-state index contributed by atoms with van der Waals surface area (Å²) in [4.78, 5) is 4.51. The SMILES string of the molecule is Cc1cc(N/N=C/c2cc(Br)ccc2O)nc2ccccc12. The van der Waals surface area contributed by atoms with E-state index >= 15 is 0 Å². The molecule has 2 aromatic carbocycles. The van der Waals surface area contributed by atoms with Gasteiger partial charge in [-0.15, -0.1) is 0 Å². The molecule has 110 valence electrons. The molecule has 4 nitrogen and oxygen atoms in total. The molecule has 0 fully saturated rings. The minimum absolute atomic E-state index is 0.177. The first-order valence-corrected chi connectivity index (χ1v) is 7.57. The summed E-state index contributed by atoms with van der Waals surface area (Å²) in [6, 6.07) is 15.1. The normalized spacial score (nSPS) is 11.2. The Kier molecular flexibility index (Phi) is 4.06. The average Bonchev–Trinajstić information content (AvgIpc) is 2.51. The fraction of sp³-hybridized carbons (Fsp3) is 0.0588. The van der Waals surface area contributed by atoms with Crippen molar-refractivity contribution in [1.29, 1.82) is 0 Å². The van der Waals surface area contributed by atoms with E-state index in [0.29, 0.717) is 11.4 Å². The average molecular weight is 356 g/mol. The second kappa shape index (κ2) is 6.15. The van der Waals surface area contributed by atoms with Crippen molar-refractivity contribution in [2.75, 3.05) is 5.43 Å². The van der Waals surface area contributed by atoms with E-state index in [2.05, 4.69) is 31.4 Å². The molecule has 0 aliphatic rings. The van der Waals surface area contributed by atoms with E-state index in [-0.39, 0.29) is 5.75 Å². The van der Waals surface area contributed by atoms with Gasteiger partial charge in [0, 0.05) is 15.4 Å². The van der Waals surface area contributed by atoms with E-state index in [1.165, 1.54) is 0 Å². The zero-order valence-corrected chi connectivity index (χ0v) is 13.5. The van der Waals surface area contributed by atoms with Crippen LogP contribution in [0.25, 0.3) is 10.9 Å². The Labute approximate surface area is 136 Å². The van der Waals surface area contributed by atoms with Gasteiger partial charge in [0.1, 0.15) is 11.6 Å². The molecule has 0 atom stereocenters. The smallest absolute Gasteiger partial charge is 0.147 e. The minimum atomic E-state index is 0.177. The second-order valence-electron chi connectivity index (χ2n) is 4.91. The Hall–Kier alpha value is -2.40. The van der Waals surface area contributed by atoms with Crippen molar-refractivity contribution in [3.63, 3.8) is 0 Å². The molecule has 1 aromatic heterocycles. The van der Waals surface area contributed by atoms with Gasteiger partial charge in [-0.3, -0.25) is 5.43 Å². The maximum absolute atomic E-state index is 9.76. The first-order chi connectivity index (χ1) is 10.6. The van der Waals surface area contributed by atoms with Crippen molar-refractivity contribution in [2.45, 2.75) is 6.92 Å². The van der Waals surface area contributed by atoms with E-state index in [1.807, 2.05) is 37.3 Å². The molecule has 5 heteroatoms. The number of phenols is 1. The van der Waals surface area contributed by atoms with Crippen molar-refractivity contribution in [2.24, 2.45) is 5.10 Å². The lowest BCUT2D eigenvalue weighted by Crippen LogP contribution is -1.95. The number of para-hydroxylation sites is 1. The number of anilines is 1. The highest BCUT2D eigenvalue weighted by Crippen LogP contribution is 2.21. The number of fused-ring (bicyclic) bond motifs is 1. The Morgan fingerprint density at radius 1 is 1.18 bits per heavy atom. The topological polar surface area (TPSA) is 57.5 Å². The lowest BCUT2D eigenvalue weighted by molar-refractivity contribution is 0.474. The summed E-state index contributed by atoms with van der Waals surface area (Å²) in [7, 11) is 0. The predicted molar refractivity (Wildman–Crippen MR) is 93.5 cm³/mol. The fourth-order valence-electron chi connectivity index (χ4n) is 2.20. The van der Waals surface area contributed by atoms with Crippen LogP contribution in [0.15, 0.2) is 58.1 Å². The molecule has 0 saturated heterocycles. The highest BCUT2D eigenvalue weighted by atomic mass is 79.9. The van der Waals surface area contributed by atoms with Gasteiger partial charge in [-0.05, 0) is 42.8 Å². The van der Waals surface area contributed by atoms with Crippen LogP contribution in [-0.2, 0) is 0 Å². The number of benzene rings is 2. The number of nitrogens with zero attached hydrogens (tertiary/aromatic N) is 2. The van der Waals surface area contributed by atoms with Crippen molar-refractivity contribution < 1.29 is 5.11 Å². The van der Waals surface area contributed by atoms with Crippen molar-refractivity contribution in [3.05, 3.63) is 64.1 Å². The lowest BCUT2D eigenvalue weighted by atomic mass is 10.1. The van der Waals surface area contributed by atoms with Crippen LogP contribution in [0.4, 0.5) is 5.82 Å². The molecule has 2 N–H and O–H groups in total. The number of pyridine rings is 1. The van der Waals surface area contributed by atoms with E-state index in [9.17, 15) is 5.11 Å². The number of hydrogen-bond donors (Lipinski definition) is 2. The minimum Gasteiger partial charge on any atom is -0.507 e. The first kappa shape index (κ1) is 14.5. The summed E-state index contributed by atoms with van der Waals surface area (Å²) in [5, 5.41) is 15.0. The number of aromatic hydroxyl groups is 1. The molecule has 3 aromatic rings. The molecule has 0 unspecified atom stereocenters. The molecule has 22 heavy (non-hydrogen) atoms. The van der Waals surface area contributed by atoms with Gasteiger partial charge in [-0.2, -0.15) is 5.10 Å². The third-order valence-corrected chi connectivity index (χ3v) is 3.79. The Morgan fingerprint density at radius 2 is 2.00 bits per heavy atom. The zero-order valence-electron chi connectivity index (χ0n) is 11.9. The number of phenolic OH excluding ortho intramolecular Hbond substituents is 1. The summed E-state index contributed by atoms with van der Waals surface area (Å²) in [5.41, 5.74) is 5.58. The second-order valence-corrected chi connectivity index (χ2v) is 5.83. The van der Waals surface area contributed by atoms with Crippen molar-refractivity contribution in [1.82, 2.24) is 4.98 Å². The fourth-order valence-corrected chi connectivity index (χ4v) is 2.58. The number of rotatable bonds is 3. The summed E-state index contributed by atoms with van der Waals surface area (Å²) in [6.07, 6.45) is 1.56. The van der Waals surface area contributed by atoms with Crippen LogP contribution >= 0.6 is 15.9 Å². The number of aryl methyl sites for hydroxylation is 1. The predicted octanol–water partition coefficient (Wildman–Crippen LogP) is 4.46. The molecular formula is C17H14BrN3O. The Bertz CT molecular complexity index is 862. The van der Waals surface area contributed by atoms with E-state index in [1.54, 1.807) is 24.4 Å². The van der Waals surface area contributed by atoms with Crippen molar-refractivity contribution in [3.8, 4) is 5.75 Å². The highest BCUT2D eigenvalue weighted by molar-refractivity contribution is 9.10. The third-order valence-electron chi connectivity index (χ3n) is 3.30. The van der Waals surface area contributed by atoms with Crippen LogP contribution in [0.2, 0.25) is 0 Å². The van der Waals surface area contributed by atoms with Crippen LogP contribution < -0.4 is 5.43 Å². The lowest BCUT2D eigenvalue weighted by Gasteiger charge is -2.05. The molecule has 0 radical (unpaired) electrons. The van der Waals surface area contributed by atoms with Gasteiger partial charge in [0.25, 0.3) is 0 Å². The van der Waals surface area contributed by atoms with Gasteiger partial charge in [-0.25, -0.2) is 4.98 Å². The van der Waals surface area contributed by atoms with Gasteiger partial charge in [0.05, 0.1) is 11.7 Å². The largest absolute Gasteiger partial charge is 0.507 e. The molecular weight excluding hydrogens is 342 g/mol. The van der Waals surface area contributed by atoms with Gasteiger partial charge >= 0.3 is 0 Å². The Morgan fingerprint density at radius 3 is 2.86 bits per heavy atom. The number of nitrogens with one attached hydrogen (secondary N) is 1. The number of aromatic nitrogens is 1. The van der Waals surface area contributed by atoms with Gasteiger partial charge in [0.15, 0.2) is 0 Å². The molecule has 0 aliphatic heterocycles. The van der Waals surface area contributed by atoms with E-state index in [0.717, 1.165) is 20.9 Å².